The molecule has 138 valence electrons. The smallest absolute Gasteiger partial charge is 0.00130 e. The Morgan fingerprint density at radius 2 is 0.690 bits per heavy atom. The van der Waals surface area contributed by atoms with E-state index in [1.54, 1.807) is 0 Å². The van der Waals surface area contributed by atoms with Gasteiger partial charge in [-0.2, -0.15) is 0 Å². The Bertz CT molecular complexity index is 1280. The molecule has 0 fully saturated rings. The first-order valence-corrected chi connectivity index (χ1v) is 10.7. The number of fused-ring (bicyclic) bond motifs is 9. The molecule has 29 heavy (non-hydrogen) atoms. The van der Waals surface area contributed by atoms with Crippen LogP contribution in [0.2, 0.25) is 0 Å². The molecule has 4 aromatic carbocycles. The highest BCUT2D eigenvalue weighted by atomic mass is 14.3. The second-order valence-corrected chi connectivity index (χ2v) is 9.18. The van der Waals surface area contributed by atoms with Crippen molar-refractivity contribution in [2.45, 2.75) is 33.1 Å². The van der Waals surface area contributed by atoms with Crippen LogP contribution in [0, 0.1) is 13.8 Å². The molecule has 0 saturated heterocycles. The summed E-state index contributed by atoms with van der Waals surface area (Å²) >= 11 is 0. The summed E-state index contributed by atoms with van der Waals surface area (Å²) in [5, 5.41) is 0. The second kappa shape index (κ2) is 5.27. The molecule has 0 nitrogen and oxygen atoms in total. The zero-order chi connectivity index (χ0) is 19.3. The molecule has 4 aromatic rings. The lowest BCUT2D eigenvalue weighted by Gasteiger charge is -2.08. The van der Waals surface area contributed by atoms with Gasteiger partial charge in [0.1, 0.15) is 0 Å². The van der Waals surface area contributed by atoms with E-state index in [1.165, 1.54) is 77.9 Å². The van der Waals surface area contributed by atoms with Crippen LogP contribution in [-0.4, -0.2) is 0 Å². The Morgan fingerprint density at radius 3 is 1.07 bits per heavy atom. The Morgan fingerprint density at radius 1 is 0.379 bits per heavy atom. The molecule has 0 aliphatic heterocycles. The van der Waals surface area contributed by atoms with E-state index in [0.717, 1.165) is 19.3 Å². The van der Waals surface area contributed by atoms with E-state index in [1.807, 2.05) is 0 Å². The molecule has 0 spiro atoms. The zero-order valence-corrected chi connectivity index (χ0v) is 16.9. The minimum atomic E-state index is 1.06. The molecule has 0 N–H and O–H groups in total. The molecule has 3 aliphatic rings. The zero-order valence-electron chi connectivity index (χ0n) is 16.9. The predicted octanol–water partition coefficient (Wildman–Crippen LogP) is 7.02. The van der Waals surface area contributed by atoms with Crippen molar-refractivity contribution >= 4 is 0 Å². The highest BCUT2D eigenvalue weighted by Crippen LogP contribution is 2.48. The Balaban J connectivity index is 1.36. The average molecular weight is 370 g/mol. The molecular weight excluding hydrogens is 348 g/mol. The predicted molar refractivity (Wildman–Crippen MR) is 121 cm³/mol. The maximum atomic E-state index is 2.49. The number of hydrogen-bond acceptors (Lipinski definition) is 0. The minimum absolute atomic E-state index is 1.06. The second-order valence-electron chi connectivity index (χ2n) is 9.18. The van der Waals surface area contributed by atoms with Crippen LogP contribution in [0.1, 0.15) is 44.5 Å². The van der Waals surface area contributed by atoms with Gasteiger partial charge in [-0.15, -0.1) is 0 Å². The third kappa shape index (κ3) is 2.09. The van der Waals surface area contributed by atoms with Crippen LogP contribution in [0.25, 0.3) is 33.4 Å². The standard InChI is InChI=1S/C29H22/c1-16-3-5-24-18(7-16)9-20-14-28-22(12-26(20)24)11-23-13-27-21(15-29(23)28)10-19-8-17(2)4-6-25(19)27/h3-8,12-15H,9-11H2,1-2H3. The van der Waals surface area contributed by atoms with Gasteiger partial charge >= 0.3 is 0 Å². The number of hydrogen-bond donors (Lipinski definition) is 0. The summed E-state index contributed by atoms with van der Waals surface area (Å²) in [4.78, 5) is 0. The van der Waals surface area contributed by atoms with Crippen molar-refractivity contribution in [2.75, 3.05) is 0 Å². The van der Waals surface area contributed by atoms with Gasteiger partial charge in [0, 0.05) is 0 Å². The van der Waals surface area contributed by atoms with Crippen LogP contribution in [0.15, 0.2) is 60.7 Å². The normalized spacial score (nSPS) is 14.1. The van der Waals surface area contributed by atoms with Gasteiger partial charge in [0.05, 0.1) is 0 Å². The van der Waals surface area contributed by atoms with Crippen LogP contribution in [0.5, 0.6) is 0 Å². The van der Waals surface area contributed by atoms with E-state index < -0.39 is 0 Å². The van der Waals surface area contributed by atoms with Crippen LogP contribution >= 0.6 is 0 Å². The van der Waals surface area contributed by atoms with E-state index in [9.17, 15) is 0 Å². The van der Waals surface area contributed by atoms with Crippen LogP contribution in [-0.2, 0) is 19.3 Å². The first-order valence-electron chi connectivity index (χ1n) is 10.7. The summed E-state index contributed by atoms with van der Waals surface area (Å²) in [6.07, 6.45) is 3.21. The Labute approximate surface area is 171 Å². The van der Waals surface area contributed by atoms with E-state index in [0.29, 0.717) is 0 Å². The van der Waals surface area contributed by atoms with Crippen molar-refractivity contribution in [3.8, 4) is 33.4 Å². The molecule has 0 amide bonds. The lowest BCUT2D eigenvalue weighted by atomic mass is 9.96. The fraction of sp³-hybridized carbons (Fsp3) is 0.172. The first-order chi connectivity index (χ1) is 14.1. The summed E-state index contributed by atoms with van der Waals surface area (Å²) in [6.45, 7) is 4.39. The lowest BCUT2D eigenvalue weighted by molar-refractivity contribution is 1.23. The van der Waals surface area contributed by atoms with Gasteiger partial charge in [-0.3, -0.25) is 0 Å². The molecule has 0 bridgehead atoms. The van der Waals surface area contributed by atoms with Crippen molar-refractivity contribution < 1.29 is 0 Å². The van der Waals surface area contributed by atoms with E-state index >= 15 is 0 Å². The maximum Gasteiger partial charge on any atom is -0.00130 e. The van der Waals surface area contributed by atoms with Crippen LogP contribution in [0.4, 0.5) is 0 Å². The largest absolute Gasteiger partial charge is 0.0587 e. The van der Waals surface area contributed by atoms with Gasteiger partial charge in [-0.05, 0) is 124 Å². The number of aryl methyl sites for hydroxylation is 2. The molecule has 0 unspecified atom stereocenters. The van der Waals surface area contributed by atoms with E-state index in [2.05, 4.69) is 74.5 Å². The monoisotopic (exact) mass is 370 g/mol. The van der Waals surface area contributed by atoms with Gasteiger partial charge < -0.3 is 0 Å². The van der Waals surface area contributed by atoms with Gasteiger partial charge in [0.25, 0.3) is 0 Å². The van der Waals surface area contributed by atoms with Crippen molar-refractivity contribution in [2.24, 2.45) is 0 Å². The highest BCUT2D eigenvalue weighted by Gasteiger charge is 2.28. The fourth-order valence-electron chi connectivity index (χ4n) is 5.85. The lowest BCUT2D eigenvalue weighted by Crippen LogP contribution is -1.86. The molecule has 0 aromatic heterocycles. The Kier molecular flexibility index (Phi) is 2.87. The van der Waals surface area contributed by atoms with Gasteiger partial charge in [-0.1, -0.05) is 47.5 Å². The van der Waals surface area contributed by atoms with Crippen molar-refractivity contribution in [1.82, 2.24) is 0 Å². The topological polar surface area (TPSA) is 0 Å². The molecule has 0 saturated carbocycles. The Hall–Kier alpha value is -3.12. The molecule has 3 aliphatic carbocycles. The third-order valence-electron chi connectivity index (χ3n) is 7.19. The van der Waals surface area contributed by atoms with Crippen molar-refractivity contribution in [3.05, 3.63) is 105 Å². The average Bonchev–Trinajstić information content (AvgIpc) is 3.33. The molecular formula is C29H22. The number of benzene rings is 4. The SMILES string of the molecule is Cc1ccc2c(c1)Cc1cc3c(cc1-2)Cc1cc2c(cc1-3)Cc1cc(C)ccc1-2. The summed E-state index contributed by atoms with van der Waals surface area (Å²) in [6, 6.07) is 23.8. The van der Waals surface area contributed by atoms with E-state index in [4.69, 9.17) is 0 Å². The van der Waals surface area contributed by atoms with Gasteiger partial charge in [-0.25, -0.2) is 0 Å². The summed E-state index contributed by atoms with van der Waals surface area (Å²) < 4.78 is 0. The molecule has 0 heteroatoms. The van der Waals surface area contributed by atoms with E-state index in [-0.39, 0.29) is 0 Å². The quantitative estimate of drug-likeness (QED) is 0.269. The maximum absolute atomic E-state index is 2.49. The summed E-state index contributed by atoms with van der Waals surface area (Å²) in [5.74, 6) is 0. The molecule has 0 radical (unpaired) electrons. The molecule has 0 atom stereocenters. The van der Waals surface area contributed by atoms with Gasteiger partial charge in [0.2, 0.25) is 0 Å². The summed E-state index contributed by atoms with van der Waals surface area (Å²) in [5.41, 5.74) is 20.4. The highest BCUT2D eigenvalue weighted by molar-refractivity contribution is 5.89. The summed E-state index contributed by atoms with van der Waals surface area (Å²) in [7, 11) is 0. The number of rotatable bonds is 0. The third-order valence-corrected chi connectivity index (χ3v) is 7.19. The van der Waals surface area contributed by atoms with Crippen LogP contribution in [0.3, 0.4) is 0 Å². The molecule has 0 heterocycles. The van der Waals surface area contributed by atoms with Crippen LogP contribution < -0.4 is 0 Å². The van der Waals surface area contributed by atoms with Crippen molar-refractivity contribution in [3.63, 3.8) is 0 Å². The van der Waals surface area contributed by atoms with Crippen molar-refractivity contribution in [1.29, 1.82) is 0 Å². The van der Waals surface area contributed by atoms with Gasteiger partial charge in [0.15, 0.2) is 0 Å². The fourth-order valence-corrected chi connectivity index (χ4v) is 5.85. The minimum Gasteiger partial charge on any atom is -0.0587 e. The first kappa shape index (κ1) is 15.8. The molecule has 7 rings (SSSR count).